The van der Waals surface area contributed by atoms with Gasteiger partial charge in [-0.1, -0.05) is 23.7 Å². The quantitative estimate of drug-likeness (QED) is 0.657. The molecule has 1 saturated heterocycles. The Morgan fingerprint density at radius 1 is 1.06 bits per heavy atom. The van der Waals surface area contributed by atoms with E-state index >= 15 is 0 Å². The number of hydrogen-bond donors (Lipinski definition) is 1. The first kappa shape index (κ1) is 21.3. The monoisotopic (exact) mass is 440 g/mol. The minimum atomic E-state index is -0.547. The molecule has 1 aromatic carbocycles. The van der Waals surface area contributed by atoms with Gasteiger partial charge in [-0.3, -0.25) is 14.5 Å². The summed E-state index contributed by atoms with van der Waals surface area (Å²) < 4.78 is 1.84. The van der Waals surface area contributed by atoms with E-state index < -0.39 is 11.9 Å². The van der Waals surface area contributed by atoms with Gasteiger partial charge < -0.3 is 10.6 Å². The van der Waals surface area contributed by atoms with E-state index in [1.165, 1.54) is 0 Å². The predicted octanol–water partition coefficient (Wildman–Crippen LogP) is 2.65. The van der Waals surface area contributed by atoms with Crippen molar-refractivity contribution in [1.82, 2.24) is 24.6 Å². The Bertz CT molecular complexity index is 1100. The van der Waals surface area contributed by atoms with Gasteiger partial charge in [0.1, 0.15) is 6.04 Å². The van der Waals surface area contributed by atoms with Crippen LogP contribution in [-0.2, 0) is 4.79 Å². The van der Waals surface area contributed by atoms with E-state index in [1.807, 2.05) is 41.6 Å². The topological polar surface area (TPSA) is 97.4 Å². The highest BCUT2D eigenvalue weighted by Crippen LogP contribution is 2.24. The molecule has 0 spiro atoms. The Kier molecular flexibility index (Phi) is 5.93. The first-order valence-corrected chi connectivity index (χ1v) is 10.6. The number of fused-ring (bicyclic) bond motifs is 1. The molecule has 1 aliphatic heterocycles. The normalized spacial score (nSPS) is 16.1. The van der Waals surface area contributed by atoms with Gasteiger partial charge in [-0.25, -0.2) is 9.67 Å². The first-order chi connectivity index (χ1) is 14.8. The van der Waals surface area contributed by atoms with Crippen molar-refractivity contribution >= 4 is 34.4 Å². The summed E-state index contributed by atoms with van der Waals surface area (Å²) in [5, 5.41) is 5.80. The Morgan fingerprint density at radius 2 is 1.74 bits per heavy atom. The molecule has 1 atom stereocenters. The zero-order chi connectivity index (χ0) is 22.1. The lowest BCUT2D eigenvalue weighted by atomic mass is 10.0. The number of nitrogens with two attached hydrogens (primary N) is 1. The van der Waals surface area contributed by atoms with Gasteiger partial charge in [-0.15, -0.1) is 0 Å². The summed E-state index contributed by atoms with van der Waals surface area (Å²) in [6.45, 7) is 6.16. The summed E-state index contributed by atoms with van der Waals surface area (Å²) >= 11 is 5.96. The third-order valence-electron chi connectivity index (χ3n) is 5.59. The highest BCUT2D eigenvalue weighted by atomic mass is 35.5. The second-order valence-electron chi connectivity index (χ2n) is 8.00. The average Bonchev–Trinajstić information content (AvgIpc) is 3.19. The van der Waals surface area contributed by atoms with E-state index in [-0.39, 0.29) is 11.9 Å². The van der Waals surface area contributed by atoms with Crippen molar-refractivity contribution < 1.29 is 9.59 Å². The number of hydrogen-bond acceptors (Lipinski definition) is 5. The number of primary amides is 1. The summed E-state index contributed by atoms with van der Waals surface area (Å²) in [6, 6.07) is 8.60. The third-order valence-corrected chi connectivity index (χ3v) is 5.84. The molecule has 9 heteroatoms. The molecule has 1 fully saturated rings. The largest absolute Gasteiger partial charge is 0.368 e. The fraction of sp³-hybridized carbons (Fsp3) is 0.364. The lowest BCUT2D eigenvalue weighted by Gasteiger charge is -2.38. The maximum Gasteiger partial charge on any atom is 0.255 e. The van der Waals surface area contributed by atoms with Crippen LogP contribution in [0.2, 0.25) is 5.02 Å². The molecule has 1 unspecified atom stereocenters. The van der Waals surface area contributed by atoms with E-state index in [0.717, 1.165) is 16.6 Å². The van der Waals surface area contributed by atoms with Gasteiger partial charge in [-0.2, -0.15) is 5.10 Å². The fourth-order valence-electron chi connectivity index (χ4n) is 4.00. The number of piperazine rings is 1. The van der Waals surface area contributed by atoms with Crippen molar-refractivity contribution in [2.24, 2.45) is 5.73 Å². The van der Waals surface area contributed by atoms with E-state index in [0.29, 0.717) is 36.8 Å². The van der Waals surface area contributed by atoms with Gasteiger partial charge in [0.25, 0.3) is 5.91 Å². The maximum absolute atomic E-state index is 13.0. The second kappa shape index (κ2) is 8.64. The van der Waals surface area contributed by atoms with Crippen LogP contribution in [-0.4, -0.2) is 62.6 Å². The van der Waals surface area contributed by atoms with Crippen molar-refractivity contribution in [2.45, 2.75) is 25.9 Å². The van der Waals surface area contributed by atoms with Gasteiger partial charge >= 0.3 is 0 Å². The summed E-state index contributed by atoms with van der Waals surface area (Å²) in [4.78, 5) is 33.4. The van der Waals surface area contributed by atoms with E-state index in [9.17, 15) is 9.59 Å². The van der Waals surface area contributed by atoms with Gasteiger partial charge in [0.2, 0.25) is 5.91 Å². The number of carbonyl (C=O) groups is 2. The molecule has 1 aliphatic rings. The number of aromatic nitrogens is 3. The van der Waals surface area contributed by atoms with E-state index in [4.69, 9.17) is 17.3 Å². The molecule has 2 aromatic heterocycles. The molecule has 0 bridgehead atoms. The SMILES string of the molecule is CC(C)n1ncc2cc(C(=O)N3CCN(C(C(N)=O)c4ccc(Cl)cc4)CC3)cnc21. The third kappa shape index (κ3) is 4.26. The van der Waals surface area contributed by atoms with Crippen molar-refractivity contribution in [3.05, 3.63) is 58.9 Å². The molecule has 0 radical (unpaired) electrons. The summed E-state index contributed by atoms with van der Waals surface area (Å²) in [5.74, 6) is -0.493. The Hall–Kier alpha value is -2.97. The minimum Gasteiger partial charge on any atom is -0.368 e. The summed E-state index contributed by atoms with van der Waals surface area (Å²) in [6.07, 6.45) is 3.35. The number of carbonyl (C=O) groups excluding carboxylic acids is 2. The van der Waals surface area contributed by atoms with Crippen LogP contribution in [0.1, 0.15) is 41.9 Å². The summed E-state index contributed by atoms with van der Waals surface area (Å²) in [5.41, 5.74) is 7.79. The highest BCUT2D eigenvalue weighted by Gasteiger charge is 2.31. The molecule has 2 N–H and O–H groups in total. The molecule has 3 heterocycles. The molecule has 162 valence electrons. The highest BCUT2D eigenvalue weighted by molar-refractivity contribution is 6.30. The molecule has 2 amide bonds. The fourth-order valence-corrected chi connectivity index (χ4v) is 4.13. The molecule has 31 heavy (non-hydrogen) atoms. The van der Waals surface area contributed by atoms with Crippen LogP contribution in [0.4, 0.5) is 0 Å². The van der Waals surface area contributed by atoms with Gasteiger partial charge in [0.05, 0.1) is 11.8 Å². The first-order valence-electron chi connectivity index (χ1n) is 10.3. The van der Waals surface area contributed by atoms with Crippen LogP contribution in [0.3, 0.4) is 0 Å². The summed E-state index contributed by atoms with van der Waals surface area (Å²) in [7, 11) is 0. The average molecular weight is 441 g/mol. The maximum atomic E-state index is 13.0. The number of rotatable bonds is 5. The molecule has 0 aliphatic carbocycles. The molecular weight excluding hydrogens is 416 g/mol. The number of benzene rings is 1. The Balaban J connectivity index is 1.46. The molecular formula is C22H25ClN6O2. The molecule has 4 rings (SSSR count). The van der Waals surface area contributed by atoms with Crippen LogP contribution < -0.4 is 5.73 Å². The van der Waals surface area contributed by atoms with Gasteiger partial charge in [0.15, 0.2) is 5.65 Å². The number of nitrogens with zero attached hydrogens (tertiary/aromatic N) is 5. The van der Waals surface area contributed by atoms with Crippen LogP contribution in [0.15, 0.2) is 42.7 Å². The van der Waals surface area contributed by atoms with Crippen molar-refractivity contribution in [3.8, 4) is 0 Å². The molecule has 8 nitrogen and oxygen atoms in total. The predicted molar refractivity (Wildman–Crippen MR) is 119 cm³/mol. The molecule has 0 saturated carbocycles. The van der Waals surface area contributed by atoms with E-state index in [2.05, 4.69) is 10.1 Å². The number of pyridine rings is 1. The lowest BCUT2D eigenvalue weighted by Crippen LogP contribution is -2.51. The second-order valence-corrected chi connectivity index (χ2v) is 8.44. The van der Waals surface area contributed by atoms with Crippen LogP contribution in [0, 0.1) is 0 Å². The van der Waals surface area contributed by atoms with Crippen molar-refractivity contribution in [2.75, 3.05) is 26.2 Å². The van der Waals surface area contributed by atoms with Crippen molar-refractivity contribution in [3.63, 3.8) is 0 Å². The van der Waals surface area contributed by atoms with Crippen molar-refractivity contribution in [1.29, 1.82) is 0 Å². The number of amides is 2. The van der Waals surface area contributed by atoms with Crippen LogP contribution in [0.5, 0.6) is 0 Å². The Labute approximate surface area is 185 Å². The lowest BCUT2D eigenvalue weighted by molar-refractivity contribution is -0.124. The van der Waals surface area contributed by atoms with E-state index in [1.54, 1.807) is 29.4 Å². The zero-order valence-corrected chi connectivity index (χ0v) is 18.3. The van der Waals surface area contributed by atoms with Gasteiger partial charge in [0, 0.05) is 48.8 Å². The van der Waals surface area contributed by atoms with Crippen LogP contribution >= 0.6 is 11.6 Å². The minimum absolute atomic E-state index is 0.0755. The Morgan fingerprint density at radius 3 is 2.35 bits per heavy atom. The standard InChI is InChI=1S/C22H25ClN6O2/c1-14(2)29-21-16(13-26-29)11-17(12-25-21)22(31)28-9-7-27(8-10-28)19(20(24)30)15-3-5-18(23)6-4-15/h3-6,11-14,19H,7-10H2,1-2H3,(H2,24,30). The number of halogens is 1. The zero-order valence-electron chi connectivity index (χ0n) is 17.5. The van der Waals surface area contributed by atoms with Gasteiger partial charge in [-0.05, 0) is 37.6 Å². The van der Waals surface area contributed by atoms with Crippen LogP contribution in [0.25, 0.3) is 11.0 Å². The smallest absolute Gasteiger partial charge is 0.255 e. The molecule has 3 aromatic rings.